The minimum atomic E-state index is -3.09. The summed E-state index contributed by atoms with van der Waals surface area (Å²) in [7, 11) is -1.56. The zero-order valence-corrected chi connectivity index (χ0v) is 16.3. The van der Waals surface area contributed by atoms with Crippen molar-refractivity contribution in [2.24, 2.45) is 4.99 Å². The van der Waals surface area contributed by atoms with E-state index in [2.05, 4.69) is 4.99 Å². The van der Waals surface area contributed by atoms with Gasteiger partial charge in [-0.1, -0.05) is 30.3 Å². The minimum absolute atomic E-state index is 0.0509. The van der Waals surface area contributed by atoms with E-state index in [4.69, 9.17) is 16.3 Å². The molecule has 0 radical (unpaired) electrons. The number of thioether (sulfide) groups is 1. The molecule has 25 heavy (non-hydrogen) atoms. The molecule has 2 atom stereocenters. The van der Waals surface area contributed by atoms with Gasteiger partial charge in [-0.05, 0) is 24.6 Å². The summed E-state index contributed by atoms with van der Waals surface area (Å²) in [5, 5.41) is 0.845. The molecular formula is C16H19ClN2O4S2. The van der Waals surface area contributed by atoms with Gasteiger partial charge in [0, 0.05) is 17.4 Å². The molecule has 0 saturated carbocycles. The fraction of sp³-hybridized carbons (Fsp3) is 0.500. The van der Waals surface area contributed by atoms with E-state index in [1.165, 1.54) is 18.9 Å². The second kappa shape index (κ2) is 7.17. The molecule has 6 nitrogen and oxygen atoms in total. The molecule has 0 aliphatic carbocycles. The smallest absolute Gasteiger partial charge is 0.248 e. The molecular weight excluding hydrogens is 384 g/mol. The number of rotatable bonds is 4. The number of hydrogen-bond acceptors (Lipinski definition) is 5. The SMILES string of the molecule is CCCC(=O)N=C1SC2CS(=O)(=O)CC2N1c1ccc(OC)c(Cl)c1. The molecule has 1 amide bonds. The third-order valence-corrected chi connectivity index (χ3v) is 7.67. The van der Waals surface area contributed by atoms with Crippen molar-refractivity contribution in [2.75, 3.05) is 23.5 Å². The fourth-order valence-corrected chi connectivity index (χ4v) is 7.23. The van der Waals surface area contributed by atoms with Gasteiger partial charge in [-0.3, -0.25) is 4.79 Å². The van der Waals surface area contributed by atoms with Crippen molar-refractivity contribution in [3.63, 3.8) is 0 Å². The van der Waals surface area contributed by atoms with E-state index in [1.807, 2.05) is 11.8 Å². The number of sulfone groups is 1. The van der Waals surface area contributed by atoms with E-state index < -0.39 is 9.84 Å². The van der Waals surface area contributed by atoms with E-state index in [-0.39, 0.29) is 28.7 Å². The molecule has 2 unspecified atom stereocenters. The van der Waals surface area contributed by atoms with Gasteiger partial charge in [0.25, 0.3) is 0 Å². The van der Waals surface area contributed by atoms with E-state index in [0.29, 0.717) is 28.0 Å². The molecule has 2 fully saturated rings. The van der Waals surface area contributed by atoms with Gasteiger partial charge in [-0.25, -0.2) is 8.42 Å². The summed E-state index contributed by atoms with van der Waals surface area (Å²) in [5.41, 5.74) is 0.714. The zero-order valence-electron chi connectivity index (χ0n) is 13.9. The molecule has 0 aromatic heterocycles. The van der Waals surface area contributed by atoms with Crippen LogP contribution < -0.4 is 9.64 Å². The van der Waals surface area contributed by atoms with E-state index in [9.17, 15) is 13.2 Å². The number of nitrogens with zero attached hydrogens (tertiary/aromatic N) is 2. The Balaban J connectivity index is 2.00. The molecule has 3 rings (SSSR count). The van der Waals surface area contributed by atoms with Crippen LogP contribution in [0.2, 0.25) is 5.02 Å². The van der Waals surface area contributed by atoms with Gasteiger partial charge in [0.05, 0.1) is 29.7 Å². The van der Waals surface area contributed by atoms with Crippen LogP contribution in [0.25, 0.3) is 0 Å². The summed E-state index contributed by atoms with van der Waals surface area (Å²) in [4.78, 5) is 18.1. The van der Waals surface area contributed by atoms with Crippen LogP contribution in [0.1, 0.15) is 19.8 Å². The largest absolute Gasteiger partial charge is 0.495 e. The molecule has 0 bridgehead atoms. The highest BCUT2D eigenvalue weighted by molar-refractivity contribution is 8.16. The lowest BCUT2D eigenvalue weighted by Gasteiger charge is -2.25. The molecule has 9 heteroatoms. The average molecular weight is 403 g/mol. The topological polar surface area (TPSA) is 76.0 Å². The van der Waals surface area contributed by atoms with E-state index >= 15 is 0 Å². The number of carbonyl (C=O) groups excluding carboxylic acids is 1. The second-order valence-electron chi connectivity index (χ2n) is 6.03. The number of carbonyl (C=O) groups is 1. The van der Waals surface area contributed by atoms with Crippen molar-refractivity contribution in [3.05, 3.63) is 23.2 Å². The zero-order chi connectivity index (χ0) is 18.2. The predicted molar refractivity (Wildman–Crippen MR) is 102 cm³/mol. The van der Waals surface area contributed by atoms with Crippen LogP contribution in [0.4, 0.5) is 5.69 Å². The summed E-state index contributed by atoms with van der Waals surface area (Å²) in [6.07, 6.45) is 1.09. The van der Waals surface area contributed by atoms with Crippen LogP contribution >= 0.6 is 23.4 Å². The quantitative estimate of drug-likeness (QED) is 0.770. The Bertz CT molecular complexity index is 825. The number of anilines is 1. The molecule has 2 saturated heterocycles. The summed E-state index contributed by atoms with van der Waals surface area (Å²) < 4.78 is 29.2. The molecule has 1 aromatic rings. The fourth-order valence-electron chi connectivity index (χ4n) is 3.05. The van der Waals surface area contributed by atoms with Gasteiger partial charge >= 0.3 is 0 Å². The van der Waals surface area contributed by atoms with Gasteiger partial charge in [-0.15, -0.1) is 0 Å². The average Bonchev–Trinajstić information content (AvgIpc) is 2.98. The highest BCUT2D eigenvalue weighted by Crippen LogP contribution is 2.42. The third kappa shape index (κ3) is 3.80. The Labute approximate surface area is 156 Å². The van der Waals surface area contributed by atoms with Gasteiger partial charge in [0.15, 0.2) is 15.0 Å². The van der Waals surface area contributed by atoms with Crippen molar-refractivity contribution in [2.45, 2.75) is 31.1 Å². The maximum absolute atomic E-state index is 12.0. The first-order valence-electron chi connectivity index (χ1n) is 7.96. The molecule has 136 valence electrons. The highest BCUT2D eigenvalue weighted by atomic mass is 35.5. The molecule has 2 heterocycles. The predicted octanol–water partition coefficient (Wildman–Crippen LogP) is 2.75. The molecule has 0 N–H and O–H groups in total. The van der Waals surface area contributed by atoms with Gasteiger partial charge < -0.3 is 9.64 Å². The normalized spacial score (nSPS) is 26.0. The van der Waals surface area contributed by atoms with Gasteiger partial charge in [-0.2, -0.15) is 4.99 Å². The highest BCUT2D eigenvalue weighted by Gasteiger charge is 2.49. The van der Waals surface area contributed by atoms with Crippen LogP contribution in [0.3, 0.4) is 0 Å². The Kier molecular flexibility index (Phi) is 5.31. The first-order chi connectivity index (χ1) is 11.8. The van der Waals surface area contributed by atoms with Gasteiger partial charge in [0.2, 0.25) is 5.91 Å². The summed E-state index contributed by atoms with van der Waals surface area (Å²) in [6, 6.07) is 5.00. The third-order valence-electron chi connectivity index (χ3n) is 4.16. The first kappa shape index (κ1) is 18.5. The number of benzene rings is 1. The number of halogens is 1. The monoisotopic (exact) mass is 402 g/mol. The molecule has 2 aliphatic rings. The summed E-state index contributed by atoms with van der Waals surface area (Å²) in [5.74, 6) is 0.491. The maximum atomic E-state index is 12.0. The van der Waals surface area contributed by atoms with Crippen molar-refractivity contribution >= 4 is 50.0 Å². The number of fused-ring (bicyclic) bond motifs is 1. The van der Waals surface area contributed by atoms with Crippen molar-refractivity contribution < 1.29 is 17.9 Å². The van der Waals surface area contributed by atoms with E-state index in [0.717, 1.165) is 6.42 Å². The number of ether oxygens (including phenoxy) is 1. The van der Waals surface area contributed by atoms with Gasteiger partial charge in [0.1, 0.15) is 5.75 Å². The Morgan fingerprint density at radius 1 is 1.44 bits per heavy atom. The lowest BCUT2D eigenvalue weighted by Crippen LogP contribution is -2.37. The molecule has 0 spiro atoms. The Hall–Kier alpha value is -1.25. The number of hydrogen-bond donors (Lipinski definition) is 0. The Morgan fingerprint density at radius 3 is 2.84 bits per heavy atom. The lowest BCUT2D eigenvalue weighted by molar-refractivity contribution is -0.117. The van der Waals surface area contributed by atoms with E-state index in [1.54, 1.807) is 18.2 Å². The number of methoxy groups -OCH3 is 1. The van der Waals surface area contributed by atoms with Crippen LogP contribution in [0.15, 0.2) is 23.2 Å². The Morgan fingerprint density at radius 2 is 2.20 bits per heavy atom. The summed E-state index contributed by atoms with van der Waals surface area (Å²) >= 11 is 7.58. The maximum Gasteiger partial charge on any atom is 0.248 e. The summed E-state index contributed by atoms with van der Waals surface area (Å²) in [6.45, 7) is 1.92. The van der Waals surface area contributed by atoms with Crippen LogP contribution in [0, 0.1) is 0 Å². The molecule has 1 aromatic carbocycles. The van der Waals surface area contributed by atoms with Crippen molar-refractivity contribution in [1.82, 2.24) is 0 Å². The minimum Gasteiger partial charge on any atom is -0.495 e. The number of aliphatic imine (C=N–C) groups is 1. The van der Waals surface area contributed by atoms with Crippen LogP contribution in [-0.2, 0) is 14.6 Å². The van der Waals surface area contributed by atoms with Crippen molar-refractivity contribution in [1.29, 1.82) is 0 Å². The van der Waals surface area contributed by atoms with Crippen molar-refractivity contribution in [3.8, 4) is 5.75 Å². The number of amidine groups is 1. The number of amides is 1. The van der Waals surface area contributed by atoms with Crippen LogP contribution in [-0.4, -0.2) is 49.4 Å². The first-order valence-corrected chi connectivity index (χ1v) is 11.0. The second-order valence-corrected chi connectivity index (χ2v) is 9.79. The molecule has 2 aliphatic heterocycles. The standard InChI is InChI=1S/C16H19ClN2O4S2/c1-3-4-15(20)18-16-19(10-5-6-13(23-2)11(17)7-10)12-8-25(21,22)9-14(12)24-16/h5-7,12,14H,3-4,8-9H2,1-2H3. The van der Waals surface area contributed by atoms with Crippen LogP contribution in [0.5, 0.6) is 5.75 Å². The lowest BCUT2D eigenvalue weighted by atomic mass is 10.2.